The monoisotopic (exact) mass is 456 g/mol. The maximum Gasteiger partial charge on any atom is 0.420 e. The molecule has 3 nitrogen and oxygen atoms in total. The van der Waals surface area contributed by atoms with E-state index in [9.17, 15) is 31.1 Å². The van der Waals surface area contributed by atoms with Crippen LogP contribution in [0.15, 0.2) is 27.1 Å². The van der Waals surface area contributed by atoms with Crippen molar-refractivity contribution in [3.8, 4) is 0 Å². The molecule has 0 bridgehead atoms. The summed E-state index contributed by atoms with van der Waals surface area (Å²) in [4.78, 5) is 11.5. The zero-order valence-corrected chi connectivity index (χ0v) is 13.8. The number of carbonyl (C=O) groups is 1. The number of anilines is 1. The van der Waals surface area contributed by atoms with Crippen molar-refractivity contribution in [1.29, 1.82) is 0 Å². The van der Waals surface area contributed by atoms with E-state index in [0.29, 0.717) is 4.47 Å². The van der Waals surface area contributed by atoms with Crippen LogP contribution in [0.3, 0.4) is 0 Å². The second-order valence-electron chi connectivity index (χ2n) is 4.32. The van der Waals surface area contributed by atoms with Crippen molar-refractivity contribution in [3.63, 3.8) is 0 Å². The third-order valence-electron chi connectivity index (χ3n) is 2.68. The molecule has 0 radical (unpaired) electrons. The highest BCUT2D eigenvalue weighted by atomic mass is 79.9. The van der Waals surface area contributed by atoms with E-state index >= 15 is 0 Å². The van der Waals surface area contributed by atoms with Gasteiger partial charge in [0, 0.05) is 8.95 Å². The predicted octanol–water partition coefficient (Wildman–Crippen LogP) is 5.22. The van der Waals surface area contributed by atoms with Crippen molar-refractivity contribution in [1.82, 2.24) is 5.32 Å². The first-order chi connectivity index (χ1) is 9.78. The Morgan fingerprint density at radius 1 is 1.05 bits per heavy atom. The number of halogens is 8. The molecule has 0 aliphatic rings. The van der Waals surface area contributed by atoms with E-state index in [4.69, 9.17) is 0 Å². The van der Waals surface area contributed by atoms with Crippen LogP contribution >= 0.6 is 31.9 Å². The Bertz CT molecular complexity index is 559. The summed E-state index contributed by atoms with van der Waals surface area (Å²) in [6, 6.07) is 2.57. The summed E-state index contributed by atoms with van der Waals surface area (Å²) in [7, 11) is 0. The fourth-order valence-electron chi connectivity index (χ4n) is 1.27. The Kier molecular flexibility index (Phi) is 5.43. The van der Waals surface area contributed by atoms with Crippen molar-refractivity contribution in [3.05, 3.63) is 27.1 Å². The summed E-state index contributed by atoms with van der Waals surface area (Å²) in [5.41, 5.74) is -4.36. The van der Waals surface area contributed by atoms with Gasteiger partial charge in [-0.25, -0.2) is 4.79 Å². The van der Waals surface area contributed by atoms with Crippen LogP contribution in [0.25, 0.3) is 0 Å². The molecule has 0 atom stereocenters. The zero-order chi connectivity index (χ0) is 17.3. The number of amides is 2. The van der Waals surface area contributed by atoms with Crippen LogP contribution in [-0.4, -0.2) is 23.9 Å². The van der Waals surface area contributed by atoms with Gasteiger partial charge in [0.2, 0.25) is 5.54 Å². The molecule has 1 aromatic carbocycles. The largest absolute Gasteiger partial charge is 0.420 e. The first-order valence-corrected chi connectivity index (χ1v) is 7.04. The molecule has 1 rings (SSSR count). The third-order valence-corrected chi connectivity index (χ3v) is 3.83. The van der Waals surface area contributed by atoms with Gasteiger partial charge in [-0.1, -0.05) is 15.9 Å². The van der Waals surface area contributed by atoms with Gasteiger partial charge in [-0.2, -0.15) is 26.3 Å². The molecule has 2 N–H and O–H groups in total. The maximum absolute atomic E-state index is 12.7. The Balaban J connectivity index is 2.99. The van der Waals surface area contributed by atoms with E-state index in [2.05, 4.69) is 31.9 Å². The predicted molar refractivity (Wildman–Crippen MR) is 74.5 cm³/mol. The topological polar surface area (TPSA) is 41.1 Å². The first kappa shape index (κ1) is 19.1. The molecule has 0 aliphatic carbocycles. The Morgan fingerprint density at radius 2 is 1.55 bits per heavy atom. The van der Waals surface area contributed by atoms with Gasteiger partial charge in [0.1, 0.15) is 0 Å². The molecule has 0 fully saturated rings. The van der Waals surface area contributed by atoms with E-state index in [1.165, 1.54) is 18.2 Å². The van der Waals surface area contributed by atoms with Gasteiger partial charge in [0.25, 0.3) is 0 Å². The summed E-state index contributed by atoms with van der Waals surface area (Å²) < 4.78 is 76.8. The minimum Gasteiger partial charge on any atom is -0.316 e. The van der Waals surface area contributed by atoms with Crippen LogP contribution in [-0.2, 0) is 0 Å². The molecule has 22 heavy (non-hydrogen) atoms. The number of urea groups is 1. The minimum absolute atomic E-state index is 0.00685. The van der Waals surface area contributed by atoms with Gasteiger partial charge < -0.3 is 10.6 Å². The molecule has 0 saturated carbocycles. The number of nitrogens with one attached hydrogen (secondary N) is 2. The molecule has 1 aromatic rings. The van der Waals surface area contributed by atoms with E-state index in [0.717, 1.165) is 5.32 Å². The van der Waals surface area contributed by atoms with Crippen molar-refractivity contribution in [2.24, 2.45) is 0 Å². The Morgan fingerprint density at radius 3 is 1.95 bits per heavy atom. The van der Waals surface area contributed by atoms with E-state index in [1.807, 2.05) is 5.32 Å². The van der Waals surface area contributed by atoms with Gasteiger partial charge in [-0.15, -0.1) is 0 Å². The van der Waals surface area contributed by atoms with Crippen molar-refractivity contribution in [2.75, 3.05) is 5.32 Å². The molecular formula is C11H8Br2F6N2O. The van der Waals surface area contributed by atoms with Crippen molar-refractivity contribution < 1.29 is 31.1 Å². The summed E-state index contributed by atoms with van der Waals surface area (Å²) in [6.07, 6.45) is -11.4. The summed E-state index contributed by atoms with van der Waals surface area (Å²) in [6.45, 7) is -0.150. The van der Waals surface area contributed by atoms with E-state index in [1.54, 1.807) is 0 Å². The first-order valence-electron chi connectivity index (χ1n) is 5.45. The maximum atomic E-state index is 12.7. The van der Waals surface area contributed by atoms with Crippen LogP contribution in [0.1, 0.15) is 6.92 Å². The lowest BCUT2D eigenvalue weighted by Gasteiger charge is -2.34. The number of rotatable bonds is 2. The van der Waals surface area contributed by atoms with E-state index in [-0.39, 0.29) is 17.1 Å². The van der Waals surface area contributed by atoms with Crippen molar-refractivity contribution in [2.45, 2.75) is 24.8 Å². The normalized spacial score (nSPS) is 13.0. The van der Waals surface area contributed by atoms with Crippen molar-refractivity contribution >= 4 is 43.6 Å². The minimum atomic E-state index is -5.71. The number of carbonyl (C=O) groups excluding carboxylic acids is 1. The zero-order valence-electron chi connectivity index (χ0n) is 10.7. The molecule has 0 aromatic heterocycles. The van der Waals surface area contributed by atoms with E-state index < -0.39 is 23.9 Å². The Hall–Kier alpha value is -0.970. The third kappa shape index (κ3) is 4.06. The molecular weight excluding hydrogens is 450 g/mol. The van der Waals surface area contributed by atoms with Gasteiger partial charge in [0.15, 0.2) is 0 Å². The molecule has 0 heterocycles. The van der Waals surface area contributed by atoms with Gasteiger partial charge >= 0.3 is 18.4 Å². The lowest BCUT2D eigenvalue weighted by atomic mass is 10.0. The molecule has 11 heteroatoms. The second kappa shape index (κ2) is 6.26. The fourth-order valence-corrected chi connectivity index (χ4v) is 2.42. The number of alkyl halides is 6. The summed E-state index contributed by atoms with van der Waals surface area (Å²) in [5.74, 6) is 0. The standard InChI is InChI=1S/C11H8Br2F6N2O/c1-9(10(14,15)16,11(17,18)19)21-8(22)20-7-3-2-5(12)4-6(7)13/h2-4H,1H3,(H2,20,21,22). The molecule has 0 saturated heterocycles. The highest BCUT2D eigenvalue weighted by Gasteiger charge is 2.68. The van der Waals surface area contributed by atoms with Gasteiger partial charge in [-0.05, 0) is 41.1 Å². The van der Waals surface area contributed by atoms with Crippen LogP contribution in [0, 0.1) is 0 Å². The van der Waals surface area contributed by atoms with Crippen LogP contribution < -0.4 is 10.6 Å². The fraction of sp³-hybridized carbons (Fsp3) is 0.364. The Labute approximate surface area is 137 Å². The summed E-state index contributed by atoms with van der Waals surface area (Å²) in [5, 5.41) is 2.85. The van der Waals surface area contributed by atoms with Crippen LogP contribution in [0.4, 0.5) is 36.8 Å². The number of hydrogen-bond acceptors (Lipinski definition) is 1. The lowest BCUT2D eigenvalue weighted by molar-refractivity contribution is -0.297. The highest BCUT2D eigenvalue weighted by Crippen LogP contribution is 2.42. The highest BCUT2D eigenvalue weighted by molar-refractivity contribution is 9.11. The number of benzene rings is 1. The molecule has 0 aliphatic heterocycles. The molecule has 2 amide bonds. The van der Waals surface area contributed by atoms with Gasteiger partial charge in [-0.3, -0.25) is 0 Å². The quantitative estimate of drug-likeness (QED) is 0.587. The second-order valence-corrected chi connectivity index (χ2v) is 6.09. The average molecular weight is 458 g/mol. The average Bonchev–Trinajstić information content (AvgIpc) is 2.29. The molecule has 0 spiro atoms. The van der Waals surface area contributed by atoms with Crippen LogP contribution in [0.2, 0.25) is 0 Å². The number of hydrogen-bond donors (Lipinski definition) is 2. The molecule has 124 valence electrons. The molecule has 0 unspecified atom stereocenters. The SMILES string of the molecule is CC(NC(=O)Nc1ccc(Br)cc1Br)(C(F)(F)F)C(F)(F)F. The van der Waals surface area contributed by atoms with Gasteiger partial charge in [0.05, 0.1) is 5.69 Å². The lowest BCUT2D eigenvalue weighted by Crippen LogP contribution is -2.66. The van der Waals surface area contributed by atoms with Crippen LogP contribution in [0.5, 0.6) is 0 Å². The summed E-state index contributed by atoms with van der Waals surface area (Å²) >= 11 is 6.12. The smallest absolute Gasteiger partial charge is 0.316 e.